The summed E-state index contributed by atoms with van der Waals surface area (Å²) in [5.74, 6) is 2.60. The van der Waals surface area contributed by atoms with Crippen molar-refractivity contribution in [3.8, 4) is 0 Å². The first kappa shape index (κ1) is 10.7. The fraction of sp³-hybridized carbons (Fsp3) is 0.818. The van der Waals surface area contributed by atoms with Crippen molar-refractivity contribution in [2.24, 2.45) is 17.8 Å². The fourth-order valence-corrected chi connectivity index (χ4v) is 1.69. The van der Waals surface area contributed by atoms with E-state index in [-0.39, 0.29) is 0 Å². The summed E-state index contributed by atoms with van der Waals surface area (Å²) in [7, 11) is 0. The van der Waals surface area contributed by atoms with Gasteiger partial charge < -0.3 is 0 Å². The highest BCUT2D eigenvalue weighted by Crippen LogP contribution is 2.30. The predicted molar refractivity (Wildman–Crippen MR) is 52.6 cm³/mol. The Morgan fingerprint density at radius 2 is 1.82 bits per heavy atom. The molecule has 66 valence electrons. The molecule has 0 amide bonds. The zero-order valence-electron chi connectivity index (χ0n) is 8.59. The maximum atomic E-state index is 2.34. The molecule has 1 rings (SSSR count). The van der Waals surface area contributed by atoms with Crippen LogP contribution in [0.3, 0.4) is 0 Å². The van der Waals surface area contributed by atoms with Crippen molar-refractivity contribution < 1.29 is 0 Å². The van der Waals surface area contributed by atoms with E-state index in [9.17, 15) is 0 Å². The SMILES string of the molecule is CC.CC(C)C1CC=CC1C. The summed E-state index contributed by atoms with van der Waals surface area (Å²) < 4.78 is 0. The van der Waals surface area contributed by atoms with Gasteiger partial charge in [-0.25, -0.2) is 0 Å². The molecule has 0 aromatic carbocycles. The van der Waals surface area contributed by atoms with Gasteiger partial charge >= 0.3 is 0 Å². The minimum absolute atomic E-state index is 0.824. The first-order valence-electron chi connectivity index (χ1n) is 4.88. The summed E-state index contributed by atoms with van der Waals surface area (Å²) in [6.07, 6.45) is 5.96. The summed E-state index contributed by atoms with van der Waals surface area (Å²) in [5.41, 5.74) is 0. The lowest BCUT2D eigenvalue weighted by molar-refractivity contribution is 0.335. The monoisotopic (exact) mass is 154 g/mol. The van der Waals surface area contributed by atoms with Crippen molar-refractivity contribution in [3.05, 3.63) is 12.2 Å². The van der Waals surface area contributed by atoms with E-state index in [1.54, 1.807) is 0 Å². The van der Waals surface area contributed by atoms with Gasteiger partial charge in [-0.3, -0.25) is 0 Å². The maximum Gasteiger partial charge on any atom is -0.0228 e. The molecule has 2 unspecified atom stereocenters. The molecule has 0 aliphatic heterocycles. The number of allylic oxidation sites excluding steroid dienone is 2. The van der Waals surface area contributed by atoms with Gasteiger partial charge in [0.05, 0.1) is 0 Å². The molecule has 0 N–H and O–H groups in total. The molecule has 0 aromatic heterocycles. The van der Waals surface area contributed by atoms with Crippen LogP contribution in [0.2, 0.25) is 0 Å². The molecule has 0 heterocycles. The van der Waals surface area contributed by atoms with Gasteiger partial charge in [0.1, 0.15) is 0 Å². The van der Waals surface area contributed by atoms with Crippen LogP contribution in [0.5, 0.6) is 0 Å². The third-order valence-corrected chi connectivity index (χ3v) is 2.38. The van der Waals surface area contributed by atoms with Gasteiger partial charge in [0.2, 0.25) is 0 Å². The second-order valence-electron chi connectivity index (χ2n) is 3.43. The first-order chi connectivity index (χ1) is 5.22. The Hall–Kier alpha value is -0.260. The number of hydrogen-bond acceptors (Lipinski definition) is 0. The molecule has 11 heavy (non-hydrogen) atoms. The minimum atomic E-state index is 0.824. The molecule has 0 saturated carbocycles. The third-order valence-electron chi connectivity index (χ3n) is 2.38. The molecule has 0 bridgehead atoms. The molecule has 0 spiro atoms. The molecular weight excluding hydrogens is 132 g/mol. The van der Waals surface area contributed by atoms with E-state index in [0.29, 0.717) is 0 Å². The smallest absolute Gasteiger partial charge is 0.0228 e. The highest BCUT2D eigenvalue weighted by molar-refractivity contribution is 4.99. The Bertz CT molecular complexity index is 111. The third kappa shape index (κ3) is 3.09. The topological polar surface area (TPSA) is 0 Å². The second-order valence-corrected chi connectivity index (χ2v) is 3.43. The summed E-state index contributed by atoms with van der Waals surface area (Å²) in [6.45, 7) is 10.9. The van der Waals surface area contributed by atoms with E-state index in [0.717, 1.165) is 17.8 Å². The van der Waals surface area contributed by atoms with Crippen molar-refractivity contribution in [1.82, 2.24) is 0 Å². The van der Waals surface area contributed by atoms with Crippen molar-refractivity contribution >= 4 is 0 Å². The molecule has 0 nitrogen and oxygen atoms in total. The maximum absolute atomic E-state index is 2.34. The second kappa shape index (κ2) is 5.40. The van der Waals surface area contributed by atoms with Crippen LogP contribution in [0.25, 0.3) is 0 Å². The Morgan fingerprint density at radius 3 is 2.00 bits per heavy atom. The van der Waals surface area contributed by atoms with E-state index in [4.69, 9.17) is 0 Å². The van der Waals surface area contributed by atoms with E-state index in [1.165, 1.54) is 6.42 Å². The van der Waals surface area contributed by atoms with Crippen LogP contribution >= 0.6 is 0 Å². The van der Waals surface area contributed by atoms with E-state index in [1.807, 2.05) is 13.8 Å². The van der Waals surface area contributed by atoms with Gasteiger partial charge in [-0.05, 0) is 24.2 Å². The van der Waals surface area contributed by atoms with Crippen LogP contribution in [-0.4, -0.2) is 0 Å². The van der Waals surface area contributed by atoms with Gasteiger partial charge in [-0.2, -0.15) is 0 Å². The predicted octanol–water partition coefficient (Wildman–Crippen LogP) is 3.88. The summed E-state index contributed by atoms with van der Waals surface area (Å²) in [4.78, 5) is 0. The van der Waals surface area contributed by atoms with Crippen molar-refractivity contribution in [2.75, 3.05) is 0 Å². The quantitative estimate of drug-likeness (QED) is 0.503. The fourth-order valence-electron chi connectivity index (χ4n) is 1.69. The Balaban J connectivity index is 0.000000461. The van der Waals surface area contributed by atoms with Crippen LogP contribution in [0.1, 0.15) is 41.0 Å². The van der Waals surface area contributed by atoms with Crippen LogP contribution in [-0.2, 0) is 0 Å². The van der Waals surface area contributed by atoms with Crippen molar-refractivity contribution in [1.29, 1.82) is 0 Å². The first-order valence-corrected chi connectivity index (χ1v) is 4.88. The van der Waals surface area contributed by atoms with Crippen LogP contribution in [0, 0.1) is 17.8 Å². The van der Waals surface area contributed by atoms with Gasteiger partial charge in [0, 0.05) is 0 Å². The lowest BCUT2D eigenvalue weighted by Crippen LogP contribution is -2.11. The van der Waals surface area contributed by atoms with E-state index >= 15 is 0 Å². The van der Waals surface area contributed by atoms with Crippen LogP contribution in [0.4, 0.5) is 0 Å². The van der Waals surface area contributed by atoms with Gasteiger partial charge in [-0.1, -0.05) is 46.8 Å². The normalized spacial score (nSPS) is 28.5. The van der Waals surface area contributed by atoms with Gasteiger partial charge in [0.15, 0.2) is 0 Å². The van der Waals surface area contributed by atoms with Crippen LogP contribution in [0.15, 0.2) is 12.2 Å². The summed E-state index contributed by atoms with van der Waals surface area (Å²) >= 11 is 0. The lowest BCUT2D eigenvalue weighted by atomic mass is 9.87. The van der Waals surface area contributed by atoms with Crippen LogP contribution < -0.4 is 0 Å². The molecule has 0 fully saturated rings. The number of rotatable bonds is 1. The minimum Gasteiger partial charge on any atom is -0.0880 e. The zero-order valence-corrected chi connectivity index (χ0v) is 8.59. The Morgan fingerprint density at radius 1 is 1.27 bits per heavy atom. The highest BCUT2D eigenvalue weighted by atomic mass is 14.3. The standard InChI is InChI=1S/C9H16.C2H6/c1-7(2)9-6-4-5-8(9)3;1-2/h4-5,7-9H,6H2,1-3H3;1-2H3. The average molecular weight is 154 g/mol. The largest absolute Gasteiger partial charge is 0.0880 e. The van der Waals surface area contributed by atoms with E-state index < -0.39 is 0 Å². The van der Waals surface area contributed by atoms with Crippen molar-refractivity contribution in [3.63, 3.8) is 0 Å². The molecular formula is C11H22. The molecule has 0 heteroatoms. The molecule has 0 radical (unpaired) electrons. The molecule has 1 aliphatic carbocycles. The summed E-state index contributed by atoms with van der Waals surface area (Å²) in [5, 5.41) is 0. The molecule has 0 aromatic rings. The highest BCUT2D eigenvalue weighted by Gasteiger charge is 2.20. The van der Waals surface area contributed by atoms with Crippen molar-refractivity contribution in [2.45, 2.75) is 41.0 Å². The molecule has 2 atom stereocenters. The lowest BCUT2D eigenvalue weighted by Gasteiger charge is -2.18. The van der Waals surface area contributed by atoms with Gasteiger partial charge in [-0.15, -0.1) is 0 Å². The Labute approximate surface area is 71.7 Å². The Kier molecular flexibility index (Phi) is 5.27. The molecule has 1 aliphatic rings. The van der Waals surface area contributed by atoms with Gasteiger partial charge in [0.25, 0.3) is 0 Å². The number of hydrogen-bond donors (Lipinski definition) is 0. The van der Waals surface area contributed by atoms with E-state index in [2.05, 4.69) is 32.9 Å². The molecule has 0 saturated heterocycles. The zero-order chi connectivity index (χ0) is 8.85. The summed E-state index contributed by atoms with van der Waals surface area (Å²) in [6, 6.07) is 0. The average Bonchev–Trinajstić information content (AvgIpc) is 2.39.